The summed E-state index contributed by atoms with van der Waals surface area (Å²) >= 11 is 0. The topological polar surface area (TPSA) is 377 Å². The zero-order chi connectivity index (χ0) is 56.6. The molecule has 23 heteroatoms. The first-order chi connectivity index (χ1) is 36.0. The quantitative estimate of drug-likeness (QED) is 0.0687. The smallest absolute Gasteiger partial charge is 0.187 e. The Morgan fingerprint density at radius 3 is 1.81 bits per heavy atom. The van der Waals surface area contributed by atoms with Gasteiger partial charge in [0.15, 0.2) is 25.2 Å². The molecule has 4 heterocycles. The van der Waals surface area contributed by atoms with Crippen LogP contribution in [0, 0.1) is 45.3 Å². The van der Waals surface area contributed by atoms with Crippen LogP contribution >= 0.6 is 0 Å². The van der Waals surface area contributed by atoms with E-state index in [0.29, 0.717) is 32.1 Å². The number of rotatable bonds is 17. The summed E-state index contributed by atoms with van der Waals surface area (Å²) in [5.74, 6) is 0.401. The molecule has 0 aromatic heterocycles. The molecular formula is C54H92O23. The molecule has 3 unspecified atom stereocenters. The number of aliphatic hydroxyl groups is 15. The van der Waals surface area contributed by atoms with Gasteiger partial charge in [-0.2, -0.15) is 0 Å². The molecule has 8 aliphatic rings. The molecule has 0 spiro atoms. The van der Waals surface area contributed by atoms with E-state index in [0.717, 1.165) is 24.8 Å². The summed E-state index contributed by atoms with van der Waals surface area (Å²) in [6.07, 6.45) is -23.1. The Hall–Kier alpha value is -1.18. The van der Waals surface area contributed by atoms with Gasteiger partial charge < -0.3 is 114 Å². The molecular weight excluding hydrogens is 1020 g/mol. The molecule has 8 rings (SSSR count). The largest absolute Gasteiger partial charge is 0.394 e. The van der Waals surface area contributed by atoms with Crippen LogP contribution in [0.1, 0.15) is 113 Å². The van der Waals surface area contributed by atoms with E-state index in [-0.39, 0.29) is 54.1 Å². The minimum Gasteiger partial charge on any atom is -0.394 e. The number of allylic oxidation sites excluding steroid dienone is 1. The molecule has 0 radical (unpaired) electrons. The summed E-state index contributed by atoms with van der Waals surface area (Å²) in [6, 6.07) is 0. The maximum atomic E-state index is 12.7. The Kier molecular flexibility index (Phi) is 18.9. The average Bonchev–Trinajstić information content (AvgIpc) is 3.89. The highest BCUT2D eigenvalue weighted by molar-refractivity contribution is 5.32. The van der Waals surface area contributed by atoms with Crippen LogP contribution in [0.4, 0.5) is 0 Å². The molecule has 15 N–H and O–H groups in total. The maximum Gasteiger partial charge on any atom is 0.187 e. The molecule has 7 fully saturated rings. The first kappa shape index (κ1) is 61.9. The first-order valence-electron chi connectivity index (χ1n) is 27.9. The molecule has 4 aliphatic carbocycles. The van der Waals surface area contributed by atoms with Gasteiger partial charge in [0, 0.05) is 10.8 Å². The highest BCUT2D eigenvalue weighted by Crippen LogP contribution is 2.75. The Balaban J connectivity index is 0.918. The Labute approximate surface area is 450 Å². The maximum absolute atomic E-state index is 12.7. The van der Waals surface area contributed by atoms with Crippen LogP contribution in [0.15, 0.2) is 11.6 Å². The summed E-state index contributed by atoms with van der Waals surface area (Å²) in [4.78, 5) is 0. The molecule has 23 nitrogen and oxygen atoms in total. The van der Waals surface area contributed by atoms with Crippen molar-refractivity contribution in [2.75, 3.05) is 26.4 Å². The van der Waals surface area contributed by atoms with Crippen molar-refractivity contribution in [1.29, 1.82) is 0 Å². The second kappa shape index (κ2) is 23.5. The standard InChI is InChI=1S/C54H92O23/c1-23(9-13-34(51(4,5)69)76-49-45(35(59)27(57)22-71-49)77-48-44(68)41(65)38(62)30(21-56)74-48)24-15-17-52(6)31-12-10-25-26(54(31,8)32(58)19-53(24,52)7)11-14-33(50(25,2)3)75-47-43(67)39(63)36(60)28(72-47)16-18-70-46-42(66)40(64)37(61)29(20-55)73-46/h10,23-24,26-49,55-69H,9,11-22H2,1-8H3/t23-,24?,26?,27-,28-,29-,30+,31?,32-,33+,34-,35+,36-,37-,38+,39+,40+,41-,42-,43-,44+,45-,46-,47+,48-,49+,52+,53-,54+/m1/s1. The number of hydrogen-bond acceptors (Lipinski definition) is 23. The third-order valence-corrected chi connectivity index (χ3v) is 20.6. The molecule has 4 saturated heterocycles. The second-order valence-electron chi connectivity index (χ2n) is 25.8. The molecule has 0 aromatic carbocycles. The van der Waals surface area contributed by atoms with Crippen molar-refractivity contribution in [3.8, 4) is 0 Å². The van der Waals surface area contributed by atoms with Crippen LogP contribution in [-0.4, -0.2) is 244 Å². The number of aliphatic hydroxyl groups excluding tert-OH is 14. The third kappa shape index (κ3) is 11.1. The average molecular weight is 1110 g/mol. The molecule has 446 valence electrons. The van der Waals surface area contributed by atoms with E-state index in [4.69, 9.17) is 37.9 Å². The number of hydrogen-bond donors (Lipinski definition) is 15. The van der Waals surface area contributed by atoms with Gasteiger partial charge in [-0.15, -0.1) is 0 Å². The van der Waals surface area contributed by atoms with Gasteiger partial charge in [-0.25, -0.2) is 0 Å². The van der Waals surface area contributed by atoms with E-state index in [1.165, 1.54) is 0 Å². The van der Waals surface area contributed by atoms with Gasteiger partial charge in [-0.1, -0.05) is 53.2 Å². The molecule has 4 aliphatic heterocycles. The Morgan fingerprint density at radius 2 is 1.21 bits per heavy atom. The molecule has 0 bridgehead atoms. The predicted molar refractivity (Wildman–Crippen MR) is 266 cm³/mol. The molecule has 0 amide bonds. The van der Waals surface area contributed by atoms with Gasteiger partial charge >= 0.3 is 0 Å². The first-order valence-corrected chi connectivity index (χ1v) is 27.9. The van der Waals surface area contributed by atoms with E-state index in [2.05, 4.69) is 47.6 Å². The Bertz CT molecular complexity index is 1990. The van der Waals surface area contributed by atoms with E-state index in [9.17, 15) is 76.6 Å². The van der Waals surface area contributed by atoms with Crippen LogP contribution in [0.5, 0.6) is 0 Å². The summed E-state index contributed by atoms with van der Waals surface area (Å²) in [7, 11) is 0. The van der Waals surface area contributed by atoms with Gasteiger partial charge in [-0.3, -0.25) is 0 Å². The van der Waals surface area contributed by atoms with Gasteiger partial charge in [0.05, 0.1) is 56.4 Å². The predicted octanol–water partition coefficient (Wildman–Crippen LogP) is -2.20. The second-order valence-corrected chi connectivity index (χ2v) is 25.8. The molecule has 77 heavy (non-hydrogen) atoms. The lowest BCUT2D eigenvalue weighted by Crippen LogP contribution is -2.65. The fraction of sp³-hybridized carbons (Fsp3) is 0.963. The van der Waals surface area contributed by atoms with Crippen LogP contribution in [0.25, 0.3) is 0 Å². The number of fused-ring (bicyclic) bond motifs is 5. The van der Waals surface area contributed by atoms with E-state index in [1.54, 1.807) is 13.8 Å². The summed E-state index contributed by atoms with van der Waals surface area (Å²) in [6.45, 7) is 14.6. The normalized spacial score (nSPS) is 51.0. The minimum atomic E-state index is -1.80. The summed E-state index contributed by atoms with van der Waals surface area (Å²) in [5, 5.41) is 161. The van der Waals surface area contributed by atoms with Crippen molar-refractivity contribution >= 4 is 0 Å². The molecule has 3 saturated carbocycles. The van der Waals surface area contributed by atoms with Crippen molar-refractivity contribution in [1.82, 2.24) is 0 Å². The van der Waals surface area contributed by atoms with E-state index in [1.807, 2.05) is 0 Å². The lowest BCUT2D eigenvalue weighted by atomic mass is 9.38. The van der Waals surface area contributed by atoms with Gasteiger partial charge in [0.1, 0.15) is 85.5 Å². The van der Waals surface area contributed by atoms with Crippen LogP contribution < -0.4 is 0 Å². The lowest BCUT2D eigenvalue weighted by molar-refractivity contribution is -0.364. The molecule has 29 atom stereocenters. The van der Waals surface area contributed by atoms with Crippen molar-refractivity contribution < 1.29 is 114 Å². The minimum absolute atomic E-state index is 0.000664. The van der Waals surface area contributed by atoms with Gasteiger partial charge in [0.2, 0.25) is 0 Å². The van der Waals surface area contributed by atoms with Gasteiger partial charge in [0.25, 0.3) is 0 Å². The van der Waals surface area contributed by atoms with E-state index < -0.39 is 165 Å². The fourth-order valence-electron chi connectivity index (χ4n) is 15.5. The van der Waals surface area contributed by atoms with Crippen LogP contribution in [0.3, 0.4) is 0 Å². The van der Waals surface area contributed by atoms with Gasteiger partial charge in [-0.05, 0) is 106 Å². The van der Waals surface area contributed by atoms with Crippen LogP contribution in [-0.2, 0) is 37.9 Å². The van der Waals surface area contributed by atoms with Crippen molar-refractivity contribution in [3.05, 3.63) is 11.6 Å². The highest BCUT2D eigenvalue weighted by atomic mass is 16.8. The fourth-order valence-corrected chi connectivity index (χ4v) is 15.5. The third-order valence-electron chi connectivity index (χ3n) is 20.6. The monoisotopic (exact) mass is 1110 g/mol. The zero-order valence-electron chi connectivity index (χ0n) is 45.8. The van der Waals surface area contributed by atoms with Crippen molar-refractivity contribution in [3.63, 3.8) is 0 Å². The molecule has 0 aromatic rings. The van der Waals surface area contributed by atoms with Crippen molar-refractivity contribution in [2.45, 2.75) is 254 Å². The lowest BCUT2D eigenvalue weighted by Gasteiger charge is -2.67. The van der Waals surface area contributed by atoms with E-state index >= 15 is 0 Å². The van der Waals surface area contributed by atoms with Crippen LogP contribution in [0.2, 0.25) is 0 Å². The zero-order valence-corrected chi connectivity index (χ0v) is 45.8. The SMILES string of the molecule is C[C@H](CC[C@@H](O[C@@H]1OC[C@@H](O)[C@H](O)[C@H]1O[C@H]1O[C@@H](CO)[C@H](O)[C@@H](O)[C@@H]1O)C(C)(C)O)C1CC[C@@]2(C)C3CC=C4C(CC[C@H](O[C@@H]5O[C@H](CCO[C@@H]6O[C@H](CO)[C@@H](O)[C@H](O)[C@H]6O)[C@@H](O)[C@H](O)[C@H]5O)C4(C)C)[C@]3(C)[C@H](O)C[C@]12C. The van der Waals surface area contributed by atoms with Crippen molar-refractivity contribution in [2.24, 2.45) is 45.3 Å². The summed E-state index contributed by atoms with van der Waals surface area (Å²) in [5.41, 5.74) is -1.85. The summed E-state index contributed by atoms with van der Waals surface area (Å²) < 4.78 is 47.5. The number of ether oxygens (including phenoxy) is 8. The highest BCUT2D eigenvalue weighted by Gasteiger charge is 2.70. The Morgan fingerprint density at radius 1 is 0.649 bits per heavy atom.